The summed E-state index contributed by atoms with van der Waals surface area (Å²) in [5, 5.41) is 11.8. The molecule has 2 aliphatic rings. The molecule has 2 atom stereocenters. The highest BCUT2D eigenvalue weighted by molar-refractivity contribution is 5.81. The van der Waals surface area contributed by atoms with E-state index >= 15 is 0 Å². The van der Waals surface area contributed by atoms with Gasteiger partial charge in [-0.2, -0.15) is 0 Å². The van der Waals surface area contributed by atoms with Crippen LogP contribution in [0.3, 0.4) is 0 Å². The highest BCUT2D eigenvalue weighted by Gasteiger charge is 2.37. The van der Waals surface area contributed by atoms with Gasteiger partial charge in [-0.1, -0.05) is 0 Å². The SMILES string of the molecule is O=C1NC(CO)CC1C1CCOCC1. The standard InChI is InChI=1S/C10H17NO3/c12-6-8-5-9(10(13)11-8)7-1-3-14-4-2-7/h7-9,12H,1-6H2,(H,11,13). The molecular weight excluding hydrogens is 182 g/mol. The van der Waals surface area contributed by atoms with Gasteiger partial charge in [-0.05, 0) is 25.2 Å². The van der Waals surface area contributed by atoms with Crippen LogP contribution in [-0.4, -0.2) is 36.9 Å². The van der Waals surface area contributed by atoms with Gasteiger partial charge in [0.15, 0.2) is 0 Å². The number of ether oxygens (including phenoxy) is 1. The number of amides is 1. The average Bonchev–Trinajstić information content (AvgIpc) is 2.61. The summed E-state index contributed by atoms with van der Waals surface area (Å²) < 4.78 is 5.27. The van der Waals surface area contributed by atoms with Gasteiger partial charge >= 0.3 is 0 Å². The van der Waals surface area contributed by atoms with Crippen molar-refractivity contribution in [1.29, 1.82) is 0 Å². The molecule has 4 nitrogen and oxygen atoms in total. The van der Waals surface area contributed by atoms with E-state index in [4.69, 9.17) is 9.84 Å². The van der Waals surface area contributed by atoms with Crippen LogP contribution in [0.15, 0.2) is 0 Å². The number of rotatable bonds is 2. The lowest BCUT2D eigenvalue weighted by atomic mass is 9.84. The molecule has 2 heterocycles. The molecule has 0 aromatic carbocycles. The molecule has 2 unspecified atom stereocenters. The van der Waals surface area contributed by atoms with Crippen molar-refractivity contribution in [2.24, 2.45) is 11.8 Å². The summed E-state index contributed by atoms with van der Waals surface area (Å²) in [4.78, 5) is 11.6. The third-order valence-corrected chi connectivity index (χ3v) is 3.28. The number of aliphatic hydroxyl groups is 1. The van der Waals surface area contributed by atoms with Crippen LogP contribution in [0.25, 0.3) is 0 Å². The second-order valence-corrected chi connectivity index (χ2v) is 4.18. The second-order valence-electron chi connectivity index (χ2n) is 4.18. The number of carbonyl (C=O) groups is 1. The zero-order valence-electron chi connectivity index (χ0n) is 8.24. The molecule has 0 aromatic heterocycles. The topological polar surface area (TPSA) is 58.6 Å². The van der Waals surface area contributed by atoms with Gasteiger partial charge in [-0.3, -0.25) is 4.79 Å². The number of hydrogen-bond donors (Lipinski definition) is 2. The molecular formula is C10H17NO3. The molecule has 2 fully saturated rings. The van der Waals surface area contributed by atoms with Gasteiger partial charge in [0.1, 0.15) is 0 Å². The molecule has 1 amide bonds. The van der Waals surface area contributed by atoms with Crippen LogP contribution in [0.1, 0.15) is 19.3 Å². The summed E-state index contributed by atoms with van der Waals surface area (Å²) in [6, 6.07) is -0.0182. The minimum Gasteiger partial charge on any atom is -0.394 e. The molecule has 0 radical (unpaired) electrons. The van der Waals surface area contributed by atoms with Crippen molar-refractivity contribution in [3.63, 3.8) is 0 Å². The van der Waals surface area contributed by atoms with Gasteiger partial charge < -0.3 is 15.2 Å². The maximum Gasteiger partial charge on any atom is 0.223 e. The van der Waals surface area contributed by atoms with E-state index in [0.717, 1.165) is 32.5 Å². The minimum atomic E-state index is -0.0182. The van der Waals surface area contributed by atoms with Gasteiger partial charge in [-0.15, -0.1) is 0 Å². The predicted molar refractivity (Wildman–Crippen MR) is 50.7 cm³/mol. The van der Waals surface area contributed by atoms with Crippen molar-refractivity contribution in [1.82, 2.24) is 5.32 Å². The largest absolute Gasteiger partial charge is 0.394 e. The Hall–Kier alpha value is -0.610. The van der Waals surface area contributed by atoms with Crippen molar-refractivity contribution in [3.05, 3.63) is 0 Å². The van der Waals surface area contributed by atoms with Crippen molar-refractivity contribution in [3.8, 4) is 0 Å². The molecule has 0 spiro atoms. The average molecular weight is 199 g/mol. The lowest BCUT2D eigenvalue weighted by Crippen LogP contribution is -2.31. The number of aliphatic hydroxyl groups excluding tert-OH is 1. The summed E-state index contributed by atoms with van der Waals surface area (Å²) in [5.41, 5.74) is 0. The Morgan fingerprint density at radius 2 is 2.14 bits per heavy atom. The Morgan fingerprint density at radius 1 is 1.43 bits per heavy atom. The first-order chi connectivity index (χ1) is 6.81. The second kappa shape index (κ2) is 4.28. The highest BCUT2D eigenvalue weighted by Crippen LogP contribution is 2.30. The monoisotopic (exact) mass is 199 g/mol. The van der Waals surface area contributed by atoms with Crippen LogP contribution in [0, 0.1) is 11.8 Å². The van der Waals surface area contributed by atoms with E-state index in [1.54, 1.807) is 0 Å². The van der Waals surface area contributed by atoms with Gasteiger partial charge in [0, 0.05) is 19.1 Å². The third kappa shape index (κ3) is 1.91. The maximum atomic E-state index is 11.6. The Kier molecular flexibility index (Phi) is 3.03. The molecule has 80 valence electrons. The first kappa shape index (κ1) is 9.93. The van der Waals surface area contributed by atoms with E-state index in [1.807, 2.05) is 0 Å². The molecule has 14 heavy (non-hydrogen) atoms. The molecule has 2 rings (SSSR count). The maximum absolute atomic E-state index is 11.6. The van der Waals surface area contributed by atoms with Crippen molar-refractivity contribution in [2.45, 2.75) is 25.3 Å². The minimum absolute atomic E-state index is 0.0182. The zero-order chi connectivity index (χ0) is 9.97. The molecule has 0 bridgehead atoms. The lowest BCUT2D eigenvalue weighted by Gasteiger charge is -2.25. The van der Waals surface area contributed by atoms with E-state index in [9.17, 15) is 4.79 Å². The fraction of sp³-hybridized carbons (Fsp3) is 0.900. The quantitative estimate of drug-likeness (QED) is 0.653. The highest BCUT2D eigenvalue weighted by atomic mass is 16.5. The van der Waals surface area contributed by atoms with Crippen LogP contribution in [0.5, 0.6) is 0 Å². The third-order valence-electron chi connectivity index (χ3n) is 3.28. The molecule has 4 heteroatoms. The first-order valence-electron chi connectivity index (χ1n) is 5.30. The van der Waals surface area contributed by atoms with Crippen LogP contribution in [-0.2, 0) is 9.53 Å². The summed E-state index contributed by atoms with van der Waals surface area (Å²) in [7, 11) is 0. The number of carbonyl (C=O) groups excluding carboxylic acids is 1. The lowest BCUT2D eigenvalue weighted by molar-refractivity contribution is -0.125. The molecule has 0 saturated carbocycles. The molecule has 0 aliphatic carbocycles. The smallest absolute Gasteiger partial charge is 0.223 e. The Balaban J connectivity index is 1.93. The van der Waals surface area contributed by atoms with Crippen molar-refractivity contribution in [2.75, 3.05) is 19.8 Å². The summed E-state index contributed by atoms with van der Waals surface area (Å²) in [5.74, 6) is 0.687. The summed E-state index contributed by atoms with van der Waals surface area (Å²) in [6.45, 7) is 1.61. The predicted octanol–water partition coefficient (Wildman–Crippen LogP) is -0.0900. The Bertz CT molecular complexity index is 213. The summed E-state index contributed by atoms with van der Waals surface area (Å²) >= 11 is 0. The Labute approximate surface area is 83.6 Å². The van der Waals surface area contributed by atoms with Gasteiger partial charge in [0.05, 0.1) is 12.6 Å². The van der Waals surface area contributed by atoms with E-state index in [1.165, 1.54) is 0 Å². The molecule has 2 aliphatic heterocycles. The van der Waals surface area contributed by atoms with Crippen molar-refractivity contribution >= 4 is 5.91 Å². The summed E-state index contributed by atoms with van der Waals surface area (Å²) in [6.07, 6.45) is 2.76. The Morgan fingerprint density at radius 3 is 2.71 bits per heavy atom. The molecule has 0 aromatic rings. The number of nitrogens with one attached hydrogen (secondary N) is 1. The normalized spacial score (nSPS) is 34.5. The van der Waals surface area contributed by atoms with E-state index in [-0.39, 0.29) is 24.5 Å². The molecule has 2 saturated heterocycles. The van der Waals surface area contributed by atoms with E-state index < -0.39 is 0 Å². The van der Waals surface area contributed by atoms with Crippen LogP contribution in [0.4, 0.5) is 0 Å². The zero-order valence-corrected chi connectivity index (χ0v) is 8.24. The van der Waals surface area contributed by atoms with Crippen molar-refractivity contribution < 1.29 is 14.6 Å². The van der Waals surface area contributed by atoms with Crippen LogP contribution >= 0.6 is 0 Å². The van der Waals surface area contributed by atoms with Crippen LogP contribution < -0.4 is 5.32 Å². The van der Waals surface area contributed by atoms with Gasteiger partial charge in [0.25, 0.3) is 0 Å². The van der Waals surface area contributed by atoms with Gasteiger partial charge in [0.2, 0.25) is 5.91 Å². The van der Waals surface area contributed by atoms with E-state index in [2.05, 4.69) is 5.32 Å². The first-order valence-corrected chi connectivity index (χ1v) is 5.30. The van der Waals surface area contributed by atoms with Gasteiger partial charge in [-0.25, -0.2) is 0 Å². The fourth-order valence-electron chi connectivity index (χ4n) is 2.43. The van der Waals surface area contributed by atoms with E-state index in [0.29, 0.717) is 5.92 Å². The fourth-order valence-corrected chi connectivity index (χ4v) is 2.43. The number of hydrogen-bond acceptors (Lipinski definition) is 3. The van der Waals surface area contributed by atoms with Crippen LogP contribution in [0.2, 0.25) is 0 Å². The molecule has 2 N–H and O–H groups in total.